The summed E-state index contributed by atoms with van der Waals surface area (Å²) in [5, 5.41) is 0. The molecule has 0 amide bonds. The molecule has 1 heterocycles. The first-order valence-corrected chi connectivity index (χ1v) is 5.39. The van der Waals surface area contributed by atoms with E-state index in [0.717, 1.165) is 5.52 Å². The number of benzene rings is 2. The van der Waals surface area contributed by atoms with Gasteiger partial charge in [0, 0.05) is 0 Å². The number of imidazole rings is 1. The summed E-state index contributed by atoms with van der Waals surface area (Å²) >= 11 is 0. The number of hydrogen-bond donors (Lipinski definition) is 2. The molecule has 3 aromatic rings. The van der Waals surface area contributed by atoms with Crippen molar-refractivity contribution >= 4 is 16.7 Å². The maximum absolute atomic E-state index is 12.8. The second kappa shape index (κ2) is 4.03. The van der Waals surface area contributed by atoms with Crippen molar-refractivity contribution in [2.24, 2.45) is 0 Å². The monoisotopic (exact) mass is 243 g/mol. The van der Waals surface area contributed by atoms with Crippen LogP contribution in [0.25, 0.3) is 11.0 Å². The van der Waals surface area contributed by atoms with Gasteiger partial charge in [-0.05, 0) is 36.4 Å². The molecule has 0 saturated heterocycles. The Balaban J connectivity index is 1.99. The summed E-state index contributed by atoms with van der Waals surface area (Å²) in [5.74, 6) is 0.720. The quantitative estimate of drug-likeness (QED) is 0.680. The van der Waals surface area contributed by atoms with Gasteiger partial charge in [-0.1, -0.05) is 0 Å². The fourth-order valence-corrected chi connectivity index (χ4v) is 1.73. The Bertz CT molecular complexity index is 691. The van der Waals surface area contributed by atoms with Crippen molar-refractivity contribution in [2.75, 3.05) is 5.73 Å². The molecule has 4 nitrogen and oxygen atoms in total. The summed E-state index contributed by atoms with van der Waals surface area (Å²) in [6.45, 7) is 0. The van der Waals surface area contributed by atoms with Crippen molar-refractivity contribution in [3.8, 4) is 11.5 Å². The van der Waals surface area contributed by atoms with E-state index < -0.39 is 0 Å². The van der Waals surface area contributed by atoms with E-state index in [9.17, 15) is 4.39 Å². The van der Waals surface area contributed by atoms with Crippen molar-refractivity contribution < 1.29 is 9.13 Å². The van der Waals surface area contributed by atoms with E-state index in [1.165, 1.54) is 12.1 Å². The van der Waals surface area contributed by atoms with Gasteiger partial charge >= 0.3 is 0 Å². The van der Waals surface area contributed by atoms with Gasteiger partial charge in [0.1, 0.15) is 22.8 Å². The smallest absolute Gasteiger partial charge is 0.152 e. The molecule has 0 aliphatic carbocycles. The predicted octanol–water partition coefficient (Wildman–Crippen LogP) is 3.08. The van der Waals surface area contributed by atoms with Crippen LogP contribution in [-0.4, -0.2) is 9.97 Å². The Morgan fingerprint density at radius 2 is 1.89 bits per heavy atom. The molecule has 0 aliphatic rings. The number of aromatic amines is 1. The Morgan fingerprint density at radius 3 is 2.67 bits per heavy atom. The standard InChI is InChI=1S/C13H10FN3O/c14-8-1-3-9(4-2-8)18-11-6-5-10-13(12(11)15)17-7-16-10/h1-7H,15H2,(H,16,17). The summed E-state index contributed by atoms with van der Waals surface area (Å²) in [5.41, 5.74) is 7.92. The molecule has 18 heavy (non-hydrogen) atoms. The van der Waals surface area contributed by atoms with Gasteiger partial charge in [-0.2, -0.15) is 0 Å². The largest absolute Gasteiger partial charge is 0.455 e. The first-order chi connectivity index (χ1) is 8.74. The van der Waals surface area contributed by atoms with Gasteiger partial charge in [-0.25, -0.2) is 9.37 Å². The Labute approximate surface area is 102 Å². The number of H-pyrrole nitrogens is 1. The minimum Gasteiger partial charge on any atom is -0.455 e. The third-order valence-electron chi connectivity index (χ3n) is 2.63. The van der Waals surface area contributed by atoms with Crippen LogP contribution < -0.4 is 10.5 Å². The first-order valence-electron chi connectivity index (χ1n) is 5.39. The van der Waals surface area contributed by atoms with E-state index in [1.54, 1.807) is 24.5 Å². The van der Waals surface area contributed by atoms with Gasteiger partial charge in [0.15, 0.2) is 5.75 Å². The number of nitrogens with two attached hydrogens (primary N) is 1. The van der Waals surface area contributed by atoms with Crippen LogP contribution in [0.1, 0.15) is 0 Å². The summed E-state index contributed by atoms with van der Waals surface area (Å²) in [4.78, 5) is 7.08. The van der Waals surface area contributed by atoms with E-state index >= 15 is 0 Å². The number of rotatable bonds is 2. The maximum atomic E-state index is 12.8. The summed E-state index contributed by atoms with van der Waals surface area (Å²) in [6, 6.07) is 9.33. The third kappa shape index (κ3) is 1.75. The van der Waals surface area contributed by atoms with Crippen LogP contribution in [-0.2, 0) is 0 Å². The number of nitrogens with zero attached hydrogens (tertiary/aromatic N) is 1. The molecule has 3 N–H and O–H groups in total. The number of fused-ring (bicyclic) bond motifs is 1. The molecule has 2 aromatic carbocycles. The molecule has 0 atom stereocenters. The minimum atomic E-state index is -0.307. The number of nitrogens with one attached hydrogen (secondary N) is 1. The lowest BCUT2D eigenvalue weighted by atomic mass is 10.2. The summed E-state index contributed by atoms with van der Waals surface area (Å²) < 4.78 is 18.4. The average Bonchev–Trinajstić information content (AvgIpc) is 2.84. The van der Waals surface area contributed by atoms with Crippen molar-refractivity contribution in [3.63, 3.8) is 0 Å². The van der Waals surface area contributed by atoms with E-state index in [0.29, 0.717) is 22.7 Å². The molecule has 0 fully saturated rings. The molecule has 0 aliphatic heterocycles. The van der Waals surface area contributed by atoms with Gasteiger partial charge in [0.05, 0.1) is 11.8 Å². The fourth-order valence-electron chi connectivity index (χ4n) is 1.73. The zero-order valence-electron chi connectivity index (χ0n) is 9.35. The van der Waals surface area contributed by atoms with E-state index in [2.05, 4.69) is 9.97 Å². The molecule has 0 spiro atoms. The minimum absolute atomic E-state index is 0.307. The lowest BCUT2D eigenvalue weighted by Crippen LogP contribution is -1.93. The molecule has 3 rings (SSSR count). The lowest BCUT2D eigenvalue weighted by molar-refractivity contribution is 0.483. The fraction of sp³-hybridized carbons (Fsp3) is 0. The van der Waals surface area contributed by atoms with Crippen LogP contribution in [0, 0.1) is 5.82 Å². The lowest BCUT2D eigenvalue weighted by Gasteiger charge is -2.08. The number of ether oxygens (including phenoxy) is 1. The second-order valence-corrected chi connectivity index (χ2v) is 3.83. The predicted molar refractivity (Wildman–Crippen MR) is 67.0 cm³/mol. The molecule has 1 aromatic heterocycles. The summed E-state index contributed by atoms with van der Waals surface area (Å²) in [6.07, 6.45) is 1.57. The SMILES string of the molecule is Nc1c(Oc2ccc(F)cc2)ccc2[nH]cnc12. The maximum Gasteiger partial charge on any atom is 0.152 e. The molecule has 0 saturated carbocycles. The van der Waals surface area contributed by atoms with Crippen molar-refractivity contribution in [3.05, 3.63) is 48.5 Å². The molecular weight excluding hydrogens is 233 g/mol. The van der Waals surface area contributed by atoms with Gasteiger partial charge in [0.25, 0.3) is 0 Å². The highest BCUT2D eigenvalue weighted by Crippen LogP contribution is 2.32. The van der Waals surface area contributed by atoms with Gasteiger partial charge in [-0.15, -0.1) is 0 Å². The molecule has 90 valence electrons. The van der Waals surface area contributed by atoms with Crippen LogP contribution in [0.2, 0.25) is 0 Å². The zero-order chi connectivity index (χ0) is 12.5. The average molecular weight is 243 g/mol. The Hall–Kier alpha value is -2.56. The number of nitrogen functional groups attached to an aromatic ring is 1. The van der Waals surface area contributed by atoms with E-state index in [-0.39, 0.29) is 5.82 Å². The van der Waals surface area contributed by atoms with Crippen molar-refractivity contribution in [1.29, 1.82) is 0 Å². The normalized spacial score (nSPS) is 10.7. The van der Waals surface area contributed by atoms with Gasteiger partial charge < -0.3 is 15.5 Å². The highest BCUT2D eigenvalue weighted by Gasteiger charge is 2.08. The molecule has 0 bridgehead atoms. The second-order valence-electron chi connectivity index (χ2n) is 3.83. The van der Waals surface area contributed by atoms with E-state index in [1.807, 2.05) is 6.07 Å². The van der Waals surface area contributed by atoms with Crippen LogP contribution in [0.4, 0.5) is 10.1 Å². The van der Waals surface area contributed by atoms with Crippen LogP contribution in [0.15, 0.2) is 42.7 Å². The number of hydrogen-bond acceptors (Lipinski definition) is 3. The van der Waals surface area contributed by atoms with E-state index in [4.69, 9.17) is 10.5 Å². The third-order valence-corrected chi connectivity index (χ3v) is 2.63. The van der Waals surface area contributed by atoms with Crippen molar-refractivity contribution in [2.45, 2.75) is 0 Å². The molecule has 0 unspecified atom stereocenters. The molecule has 0 radical (unpaired) electrons. The van der Waals surface area contributed by atoms with Crippen LogP contribution in [0.5, 0.6) is 11.5 Å². The van der Waals surface area contributed by atoms with Gasteiger partial charge in [0.2, 0.25) is 0 Å². The summed E-state index contributed by atoms with van der Waals surface area (Å²) in [7, 11) is 0. The molecular formula is C13H10FN3O. The number of halogens is 1. The zero-order valence-corrected chi connectivity index (χ0v) is 9.35. The highest BCUT2D eigenvalue weighted by molar-refractivity contribution is 5.90. The first kappa shape index (κ1) is 10.6. The Morgan fingerprint density at radius 1 is 1.11 bits per heavy atom. The van der Waals surface area contributed by atoms with Crippen LogP contribution in [0.3, 0.4) is 0 Å². The van der Waals surface area contributed by atoms with Crippen molar-refractivity contribution in [1.82, 2.24) is 9.97 Å². The van der Waals surface area contributed by atoms with Gasteiger partial charge in [-0.3, -0.25) is 0 Å². The van der Waals surface area contributed by atoms with Crippen LogP contribution >= 0.6 is 0 Å². The topological polar surface area (TPSA) is 63.9 Å². The Kier molecular flexibility index (Phi) is 2.37. The molecule has 5 heteroatoms. The number of aromatic nitrogens is 2. The highest BCUT2D eigenvalue weighted by atomic mass is 19.1. The number of anilines is 1.